The molecule has 0 aliphatic rings. The molecule has 0 aliphatic carbocycles. The van der Waals surface area contributed by atoms with Crippen LogP contribution in [0.25, 0.3) is 0 Å². The van der Waals surface area contributed by atoms with Crippen LogP contribution in [0, 0.1) is 0 Å². The molecule has 3 aromatic rings. The number of amides is 2. The fraction of sp³-hybridized carbons (Fsp3) is 0.0909. The van der Waals surface area contributed by atoms with E-state index in [0.29, 0.717) is 20.3 Å². The zero-order valence-corrected chi connectivity index (χ0v) is 19.7. The number of carbonyl (C=O) groups excluding carboxylic acids is 3. The first-order valence-corrected chi connectivity index (χ1v) is 10.9. The summed E-state index contributed by atoms with van der Waals surface area (Å²) >= 11 is 6.64. The number of aromatic nitrogens is 1. The van der Waals surface area contributed by atoms with Crippen LogP contribution in [0.2, 0.25) is 0 Å². The summed E-state index contributed by atoms with van der Waals surface area (Å²) in [6.45, 7) is -0.814. The number of pyridine rings is 1. The van der Waals surface area contributed by atoms with E-state index < -0.39 is 29.9 Å². The van der Waals surface area contributed by atoms with Crippen molar-refractivity contribution in [3.8, 4) is 0 Å². The number of nitrogens with zero attached hydrogens (tertiary/aromatic N) is 1. The topological polar surface area (TPSA) is 106 Å². The van der Waals surface area contributed by atoms with Gasteiger partial charge in [-0.15, -0.1) is 0 Å². The Hall–Kier alpha value is -3.24. The van der Waals surface area contributed by atoms with Crippen molar-refractivity contribution < 1.29 is 19.1 Å². The third-order valence-corrected chi connectivity index (χ3v) is 5.55. The molecule has 2 amide bonds. The number of ether oxygens (including phenoxy) is 1. The summed E-state index contributed by atoms with van der Waals surface area (Å²) in [7, 11) is 0. The number of carbonyl (C=O) groups is 3. The van der Waals surface area contributed by atoms with E-state index in [0.717, 1.165) is 10.6 Å². The number of anilines is 2. The van der Waals surface area contributed by atoms with Gasteiger partial charge in [-0.05, 0) is 62.2 Å². The Balaban J connectivity index is 1.60. The molecule has 2 N–H and O–H groups in total. The molecular weight excluding hydrogens is 546 g/mol. The number of benzene rings is 2. The van der Waals surface area contributed by atoms with Crippen LogP contribution in [0.3, 0.4) is 0 Å². The van der Waals surface area contributed by atoms with Crippen molar-refractivity contribution >= 4 is 61.0 Å². The van der Waals surface area contributed by atoms with Gasteiger partial charge in [-0.3, -0.25) is 14.4 Å². The lowest BCUT2D eigenvalue weighted by Gasteiger charge is -2.11. The molecule has 0 aliphatic heterocycles. The maximum atomic E-state index is 12.3. The summed E-state index contributed by atoms with van der Waals surface area (Å²) in [5.74, 6) is -1.77. The van der Waals surface area contributed by atoms with Crippen molar-refractivity contribution in [2.75, 3.05) is 17.2 Å². The number of hydrogen-bond acceptors (Lipinski definition) is 5. The molecule has 32 heavy (non-hydrogen) atoms. The Bertz CT molecular complexity index is 1230. The largest absolute Gasteiger partial charge is 0.452 e. The molecule has 0 saturated carbocycles. The van der Waals surface area contributed by atoms with Crippen LogP contribution in [-0.4, -0.2) is 29.0 Å². The van der Waals surface area contributed by atoms with Crippen LogP contribution in [0.15, 0.2) is 80.6 Å². The minimum atomic E-state index is -0.799. The highest BCUT2D eigenvalue weighted by atomic mass is 79.9. The minimum absolute atomic E-state index is 0.0342. The van der Waals surface area contributed by atoms with E-state index in [4.69, 9.17) is 4.74 Å². The lowest BCUT2D eigenvalue weighted by atomic mass is 10.3. The Morgan fingerprint density at radius 2 is 1.38 bits per heavy atom. The van der Waals surface area contributed by atoms with Crippen molar-refractivity contribution in [1.82, 2.24) is 4.57 Å². The predicted molar refractivity (Wildman–Crippen MR) is 127 cm³/mol. The molecule has 2 aromatic carbocycles. The monoisotopic (exact) mass is 561 g/mol. The van der Waals surface area contributed by atoms with Gasteiger partial charge in [0.25, 0.3) is 11.5 Å². The zero-order chi connectivity index (χ0) is 23.1. The highest BCUT2D eigenvalue weighted by molar-refractivity contribution is 9.11. The van der Waals surface area contributed by atoms with E-state index in [2.05, 4.69) is 42.5 Å². The lowest BCUT2D eigenvalue weighted by Crippen LogP contribution is -2.28. The third-order valence-electron chi connectivity index (χ3n) is 4.16. The number of hydrogen-bond donors (Lipinski definition) is 2. The highest BCUT2D eigenvalue weighted by Crippen LogP contribution is 2.21. The van der Waals surface area contributed by atoms with Gasteiger partial charge in [0.2, 0.25) is 5.91 Å². The van der Waals surface area contributed by atoms with Crippen molar-refractivity contribution in [1.29, 1.82) is 0 Å². The average molecular weight is 563 g/mol. The summed E-state index contributed by atoms with van der Waals surface area (Å²) in [4.78, 5) is 48.8. The van der Waals surface area contributed by atoms with E-state index in [-0.39, 0.29) is 12.1 Å². The predicted octanol–water partition coefficient (Wildman–Crippen LogP) is 3.81. The van der Waals surface area contributed by atoms with Crippen molar-refractivity contribution in [3.05, 3.63) is 91.7 Å². The SMILES string of the molecule is O=C(COC(=O)c1ccc(=O)n(CC(=O)Nc2ccccc2Br)c1)Nc1ccccc1Br. The van der Waals surface area contributed by atoms with Gasteiger partial charge in [-0.1, -0.05) is 24.3 Å². The fourth-order valence-electron chi connectivity index (χ4n) is 2.65. The van der Waals surface area contributed by atoms with Gasteiger partial charge in [-0.2, -0.15) is 0 Å². The molecule has 0 unspecified atom stereocenters. The second kappa shape index (κ2) is 10.9. The molecular formula is C22H17Br2N3O5. The quantitative estimate of drug-likeness (QED) is 0.426. The Morgan fingerprint density at radius 1 is 0.812 bits per heavy atom. The molecule has 0 radical (unpaired) electrons. The van der Waals surface area contributed by atoms with Crippen molar-refractivity contribution in [2.45, 2.75) is 6.54 Å². The summed E-state index contributed by atoms with van der Waals surface area (Å²) in [5, 5.41) is 5.30. The number of para-hydroxylation sites is 2. The zero-order valence-electron chi connectivity index (χ0n) is 16.5. The lowest BCUT2D eigenvalue weighted by molar-refractivity contribution is -0.119. The van der Waals surface area contributed by atoms with E-state index in [1.807, 2.05) is 0 Å². The van der Waals surface area contributed by atoms with Crippen LogP contribution in [0.5, 0.6) is 0 Å². The first-order chi connectivity index (χ1) is 15.3. The highest BCUT2D eigenvalue weighted by Gasteiger charge is 2.14. The minimum Gasteiger partial charge on any atom is -0.452 e. The molecule has 1 aromatic heterocycles. The second-order valence-corrected chi connectivity index (χ2v) is 8.22. The van der Waals surface area contributed by atoms with Crippen LogP contribution < -0.4 is 16.2 Å². The maximum absolute atomic E-state index is 12.3. The number of esters is 1. The maximum Gasteiger partial charge on any atom is 0.340 e. The molecule has 10 heteroatoms. The third kappa shape index (κ3) is 6.38. The van der Waals surface area contributed by atoms with E-state index in [9.17, 15) is 19.2 Å². The molecule has 0 fully saturated rings. The summed E-state index contributed by atoms with van der Waals surface area (Å²) in [6, 6.07) is 16.5. The molecule has 1 heterocycles. The van der Waals surface area contributed by atoms with Gasteiger partial charge >= 0.3 is 5.97 Å². The van der Waals surface area contributed by atoms with Gasteiger partial charge in [0.1, 0.15) is 6.54 Å². The Labute approximate surface area is 199 Å². The first-order valence-electron chi connectivity index (χ1n) is 9.30. The van der Waals surface area contributed by atoms with Gasteiger partial charge in [0.15, 0.2) is 6.61 Å². The molecule has 8 nitrogen and oxygen atoms in total. The van der Waals surface area contributed by atoms with Crippen molar-refractivity contribution in [2.24, 2.45) is 0 Å². The van der Waals surface area contributed by atoms with Gasteiger partial charge < -0.3 is 19.9 Å². The standard InChI is InChI=1S/C22H17Br2N3O5/c23-15-5-1-3-7-17(15)25-19(28)12-27-11-14(9-10-21(27)30)22(31)32-13-20(29)26-18-8-4-2-6-16(18)24/h1-11H,12-13H2,(H,25,28)(H,26,29). The number of nitrogens with one attached hydrogen (secondary N) is 2. The van der Waals surface area contributed by atoms with Crippen LogP contribution in [0.1, 0.15) is 10.4 Å². The normalized spacial score (nSPS) is 10.3. The summed E-state index contributed by atoms with van der Waals surface area (Å²) < 4.78 is 7.49. The molecule has 3 rings (SSSR count). The van der Waals surface area contributed by atoms with Crippen molar-refractivity contribution in [3.63, 3.8) is 0 Å². The molecule has 0 saturated heterocycles. The molecule has 0 atom stereocenters. The van der Waals surface area contributed by atoms with Crippen LogP contribution in [0.4, 0.5) is 11.4 Å². The Morgan fingerprint density at radius 3 is 1.97 bits per heavy atom. The van der Waals surface area contributed by atoms with E-state index in [1.54, 1.807) is 48.5 Å². The Kier molecular flexibility index (Phi) is 7.96. The van der Waals surface area contributed by atoms with Crippen LogP contribution >= 0.6 is 31.9 Å². The van der Waals surface area contributed by atoms with E-state index >= 15 is 0 Å². The summed E-state index contributed by atoms with van der Waals surface area (Å²) in [5.41, 5.74) is 0.665. The van der Waals surface area contributed by atoms with Gasteiger partial charge in [0, 0.05) is 21.2 Å². The number of rotatable bonds is 7. The van der Waals surface area contributed by atoms with E-state index in [1.165, 1.54) is 12.3 Å². The molecule has 164 valence electrons. The first kappa shape index (κ1) is 23.4. The average Bonchev–Trinajstić information content (AvgIpc) is 2.77. The fourth-order valence-corrected chi connectivity index (χ4v) is 3.41. The summed E-state index contributed by atoms with van der Waals surface area (Å²) in [6.07, 6.45) is 1.22. The van der Waals surface area contributed by atoms with Crippen LogP contribution in [-0.2, 0) is 20.9 Å². The smallest absolute Gasteiger partial charge is 0.340 e. The number of halogens is 2. The van der Waals surface area contributed by atoms with Gasteiger partial charge in [0.05, 0.1) is 16.9 Å². The van der Waals surface area contributed by atoms with Gasteiger partial charge in [-0.25, -0.2) is 4.79 Å². The molecule has 0 spiro atoms. The molecule has 0 bridgehead atoms. The second-order valence-electron chi connectivity index (χ2n) is 6.52.